The highest BCUT2D eigenvalue weighted by molar-refractivity contribution is 5.76. The van der Waals surface area contributed by atoms with Gasteiger partial charge in [0.1, 0.15) is 6.54 Å². The van der Waals surface area contributed by atoms with Crippen molar-refractivity contribution in [2.45, 2.75) is 70.7 Å². The number of nitrogens with zero attached hydrogens (tertiary/aromatic N) is 4. The van der Waals surface area contributed by atoms with Gasteiger partial charge in [-0.1, -0.05) is 12.1 Å². The van der Waals surface area contributed by atoms with Crippen LogP contribution < -0.4 is 15.7 Å². The van der Waals surface area contributed by atoms with E-state index >= 15 is 0 Å². The monoisotopic (exact) mass is 537 g/mol. The smallest absolute Gasteiger partial charge is 0.351 e. The maximum Gasteiger partial charge on any atom is 0.351 e. The maximum absolute atomic E-state index is 14.1. The number of nitrogens with one attached hydrogen (secondary N) is 1. The Hall–Kier alpha value is -3.50. The van der Waals surface area contributed by atoms with Gasteiger partial charge in [-0.05, 0) is 75.9 Å². The molecule has 2 aliphatic heterocycles. The van der Waals surface area contributed by atoms with E-state index in [1.807, 2.05) is 38.1 Å². The van der Waals surface area contributed by atoms with Gasteiger partial charge in [-0.25, -0.2) is 9.18 Å². The van der Waals surface area contributed by atoms with Gasteiger partial charge in [-0.2, -0.15) is 4.68 Å². The van der Waals surface area contributed by atoms with E-state index in [1.54, 1.807) is 0 Å². The molecule has 2 bridgehead atoms. The lowest BCUT2D eigenvalue weighted by Gasteiger charge is -2.39. The number of aromatic nitrogens is 3. The van der Waals surface area contributed by atoms with Crippen LogP contribution >= 0.6 is 0 Å². The first kappa shape index (κ1) is 27.1. The molecule has 0 saturated carbocycles. The number of halogens is 1. The van der Waals surface area contributed by atoms with Crippen molar-refractivity contribution in [3.05, 3.63) is 64.3 Å². The number of methoxy groups -OCH3 is 1. The number of carbonyl (C=O) groups excluding carboxylic acids is 1. The molecule has 0 radical (unpaired) electrons. The summed E-state index contributed by atoms with van der Waals surface area (Å²) in [6.07, 6.45) is 3.28. The molecular weight excluding hydrogens is 501 g/mol. The number of hydrogen-bond acceptors (Lipinski definition) is 6. The van der Waals surface area contributed by atoms with Crippen LogP contribution in [0.25, 0.3) is 17.1 Å². The van der Waals surface area contributed by atoms with Crippen molar-refractivity contribution in [3.63, 3.8) is 0 Å². The standard InChI is InChI=1S/C29H36FN5O4/c1-18(2)31-27(36)15-33-28(21-7-12-25(30)26(14-21)38-4)32-35(29(33)37)22-8-5-20(6-9-22)13-19(3)34-23-10-11-24(34)17-39-16-23/h5-9,12,14,18-19,23-24H,10-11,13,15-17H2,1-4H3,(H,31,36). The van der Waals surface area contributed by atoms with Crippen LogP contribution in [-0.4, -0.2) is 69.6 Å². The Bertz CT molecular complexity index is 1370. The summed E-state index contributed by atoms with van der Waals surface area (Å²) in [6.45, 7) is 7.36. The van der Waals surface area contributed by atoms with Gasteiger partial charge >= 0.3 is 5.69 Å². The third kappa shape index (κ3) is 5.62. The average molecular weight is 538 g/mol. The number of ether oxygens (including phenoxy) is 2. The lowest BCUT2D eigenvalue weighted by Crippen LogP contribution is -2.50. The van der Waals surface area contributed by atoms with Crippen molar-refractivity contribution < 1.29 is 18.7 Å². The van der Waals surface area contributed by atoms with Gasteiger partial charge in [0.25, 0.3) is 0 Å². The fourth-order valence-corrected chi connectivity index (χ4v) is 5.83. The number of fused-ring (bicyclic) bond motifs is 2. The van der Waals surface area contributed by atoms with E-state index < -0.39 is 11.5 Å². The molecule has 2 saturated heterocycles. The molecule has 1 amide bonds. The summed E-state index contributed by atoms with van der Waals surface area (Å²) in [7, 11) is 1.37. The van der Waals surface area contributed by atoms with E-state index in [1.165, 1.54) is 53.0 Å². The predicted molar refractivity (Wildman–Crippen MR) is 146 cm³/mol. The van der Waals surface area contributed by atoms with Crippen molar-refractivity contribution >= 4 is 5.91 Å². The Balaban J connectivity index is 1.43. The summed E-state index contributed by atoms with van der Waals surface area (Å²) in [5.74, 6) is -0.567. The second-order valence-electron chi connectivity index (χ2n) is 10.8. The summed E-state index contributed by atoms with van der Waals surface area (Å²) in [5.41, 5.74) is 1.76. The summed E-state index contributed by atoms with van der Waals surface area (Å²) >= 11 is 0. The first-order valence-corrected chi connectivity index (χ1v) is 13.5. The van der Waals surface area contributed by atoms with Crippen LogP contribution in [0.3, 0.4) is 0 Å². The summed E-state index contributed by atoms with van der Waals surface area (Å²) in [5, 5.41) is 7.38. The summed E-state index contributed by atoms with van der Waals surface area (Å²) in [6, 6.07) is 13.3. The van der Waals surface area contributed by atoms with E-state index in [0.29, 0.717) is 29.4 Å². The van der Waals surface area contributed by atoms with Gasteiger partial charge < -0.3 is 14.8 Å². The van der Waals surface area contributed by atoms with Crippen molar-refractivity contribution in [2.24, 2.45) is 0 Å². The normalized spacial score (nSPS) is 19.8. The Morgan fingerprint density at radius 2 is 1.82 bits per heavy atom. The SMILES string of the molecule is COc1cc(-c2nn(-c3ccc(CC(C)N4C5CCC4COC5)cc3)c(=O)n2CC(=O)NC(C)C)ccc1F. The lowest BCUT2D eigenvalue weighted by molar-refractivity contribution is -0.122. The summed E-state index contributed by atoms with van der Waals surface area (Å²) < 4.78 is 27.5. The average Bonchev–Trinajstić information content (AvgIpc) is 3.36. The minimum atomic E-state index is -0.526. The van der Waals surface area contributed by atoms with E-state index in [-0.39, 0.29) is 30.1 Å². The first-order valence-electron chi connectivity index (χ1n) is 13.5. The molecule has 10 heteroatoms. The second-order valence-corrected chi connectivity index (χ2v) is 10.8. The molecule has 2 aromatic carbocycles. The molecule has 3 aromatic rings. The van der Waals surface area contributed by atoms with Crippen molar-refractivity contribution in [3.8, 4) is 22.8 Å². The Labute approximate surface area is 227 Å². The van der Waals surface area contributed by atoms with Crippen LogP contribution in [0.15, 0.2) is 47.3 Å². The van der Waals surface area contributed by atoms with Crippen LogP contribution in [0.1, 0.15) is 39.2 Å². The molecule has 2 fully saturated rings. The molecule has 2 aliphatic rings. The minimum absolute atomic E-state index is 0.0276. The number of hydrogen-bond donors (Lipinski definition) is 1. The van der Waals surface area contributed by atoms with E-state index in [9.17, 15) is 14.0 Å². The van der Waals surface area contributed by atoms with Crippen LogP contribution in [0.2, 0.25) is 0 Å². The quantitative estimate of drug-likeness (QED) is 0.451. The Kier molecular flexibility index (Phi) is 7.86. The third-order valence-corrected chi connectivity index (χ3v) is 7.54. The number of rotatable bonds is 9. The zero-order chi connectivity index (χ0) is 27.7. The fraction of sp³-hybridized carbons (Fsp3) is 0.483. The van der Waals surface area contributed by atoms with Crippen LogP contribution in [0.5, 0.6) is 5.75 Å². The van der Waals surface area contributed by atoms with E-state index in [0.717, 1.165) is 19.6 Å². The lowest BCUT2D eigenvalue weighted by atomic mass is 10.0. The van der Waals surface area contributed by atoms with E-state index in [4.69, 9.17) is 9.47 Å². The number of amides is 1. The van der Waals surface area contributed by atoms with Gasteiger partial charge in [0.05, 0.1) is 26.0 Å². The summed E-state index contributed by atoms with van der Waals surface area (Å²) in [4.78, 5) is 28.7. The molecular formula is C29H36FN5O4. The van der Waals surface area contributed by atoms with Crippen molar-refractivity contribution in [1.29, 1.82) is 0 Å². The van der Waals surface area contributed by atoms with Crippen LogP contribution in [0, 0.1) is 5.82 Å². The number of benzene rings is 2. The molecule has 3 heterocycles. The third-order valence-electron chi connectivity index (χ3n) is 7.54. The highest BCUT2D eigenvalue weighted by atomic mass is 19.1. The maximum atomic E-state index is 14.1. The van der Waals surface area contributed by atoms with Gasteiger partial charge in [0.15, 0.2) is 17.4 Å². The minimum Gasteiger partial charge on any atom is -0.494 e. The second kappa shape index (κ2) is 11.3. The first-order chi connectivity index (χ1) is 18.7. The van der Waals surface area contributed by atoms with Gasteiger partial charge in [-0.3, -0.25) is 14.3 Å². The van der Waals surface area contributed by atoms with E-state index in [2.05, 4.69) is 22.2 Å². The molecule has 9 nitrogen and oxygen atoms in total. The van der Waals surface area contributed by atoms with Gasteiger partial charge in [0, 0.05) is 29.7 Å². The van der Waals surface area contributed by atoms with Crippen molar-refractivity contribution in [1.82, 2.24) is 24.6 Å². The molecule has 0 aliphatic carbocycles. The largest absolute Gasteiger partial charge is 0.494 e. The molecule has 39 heavy (non-hydrogen) atoms. The van der Waals surface area contributed by atoms with Crippen LogP contribution in [0.4, 0.5) is 4.39 Å². The molecule has 1 N–H and O–H groups in total. The molecule has 208 valence electrons. The highest BCUT2D eigenvalue weighted by Gasteiger charge is 2.39. The molecule has 5 rings (SSSR count). The van der Waals surface area contributed by atoms with Crippen molar-refractivity contribution in [2.75, 3.05) is 20.3 Å². The zero-order valence-corrected chi connectivity index (χ0v) is 22.9. The van der Waals surface area contributed by atoms with Crippen LogP contribution in [-0.2, 0) is 22.5 Å². The van der Waals surface area contributed by atoms with Gasteiger partial charge in [-0.15, -0.1) is 5.10 Å². The topological polar surface area (TPSA) is 90.6 Å². The highest BCUT2D eigenvalue weighted by Crippen LogP contribution is 2.32. The molecule has 3 unspecified atom stereocenters. The fourth-order valence-electron chi connectivity index (χ4n) is 5.83. The molecule has 3 atom stereocenters. The molecule has 0 spiro atoms. The zero-order valence-electron chi connectivity index (χ0n) is 22.9. The number of morpholine rings is 1. The number of carbonyl (C=O) groups is 1. The van der Waals surface area contributed by atoms with Gasteiger partial charge in [0.2, 0.25) is 5.91 Å². The molecule has 1 aromatic heterocycles. The Morgan fingerprint density at radius 1 is 1.13 bits per heavy atom. The Morgan fingerprint density at radius 3 is 2.46 bits per heavy atom. The predicted octanol–water partition coefficient (Wildman–Crippen LogP) is 3.17.